The number of Topliss-reactive ketones (excluding diaryl/α,β-unsaturated/α-hetero) is 1. The van der Waals surface area contributed by atoms with E-state index in [1.165, 1.54) is 11.0 Å². The van der Waals surface area contributed by atoms with Gasteiger partial charge in [-0.05, 0) is 69.0 Å². The first-order chi connectivity index (χ1) is 18.7. The van der Waals surface area contributed by atoms with Crippen LogP contribution in [0.5, 0.6) is 11.5 Å². The van der Waals surface area contributed by atoms with Gasteiger partial charge in [0.25, 0.3) is 0 Å². The molecule has 8 heteroatoms. The lowest BCUT2D eigenvalue weighted by Crippen LogP contribution is -2.39. The number of rotatable bonds is 4. The fraction of sp³-hybridized carbons (Fsp3) is 0.290. The number of nitrogens with zero attached hydrogens (tertiary/aromatic N) is 1. The van der Waals surface area contributed by atoms with Crippen LogP contribution in [0.1, 0.15) is 38.2 Å². The summed E-state index contributed by atoms with van der Waals surface area (Å²) in [5.41, 5.74) is 2.65. The minimum absolute atomic E-state index is 0.107. The molecule has 1 aliphatic heterocycles. The van der Waals surface area contributed by atoms with Gasteiger partial charge < -0.3 is 9.84 Å². The summed E-state index contributed by atoms with van der Waals surface area (Å²) in [7, 11) is 0. The predicted octanol–water partition coefficient (Wildman–Crippen LogP) is 5.08. The highest BCUT2D eigenvalue weighted by atomic mass is 35.5. The van der Waals surface area contributed by atoms with Gasteiger partial charge >= 0.3 is 0 Å². The van der Waals surface area contributed by atoms with Crippen molar-refractivity contribution in [3.8, 4) is 11.5 Å². The molecule has 6 rings (SSSR count). The smallest absolute Gasteiger partial charge is 0.238 e. The van der Waals surface area contributed by atoms with E-state index in [-0.39, 0.29) is 41.3 Å². The van der Waals surface area contributed by atoms with Crippen molar-refractivity contribution in [2.24, 2.45) is 17.8 Å². The van der Waals surface area contributed by atoms with Gasteiger partial charge in [-0.15, -0.1) is 0 Å². The number of fused-ring (bicyclic) bond motifs is 3. The molecule has 198 valence electrons. The highest BCUT2D eigenvalue weighted by molar-refractivity contribution is 6.31. The number of anilines is 1. The molecule has 0 bridgehead atoms. The third-order valence-corrected chi connectivity index (χ3v) is 8.54. The molecule has 0 unspecified atom stereocenters. The van der Waals surface area contributed by atoms with Crippen molar-refractivity contribution in [1.29, 1.82) is 0 Å². The zero-order valence-corrected chi connectivity index (χ0v) is 22.2. The van der Waals surface area contributed by atoms with Crippen molar-refractivity contribution in [3.63, 3.8) is 0 Å². The quantitative estimate of drug-likeness (QED) is 0.328. The van der Waals surface area contributed by atoms with Crippen molar-refractivity contribution in [1.82, 2.24) is 0 Å². The van der Waals surface area contributed by atoms with Crippen LogP contribution in [0.2, 0.25) is 5.02 Å². The number of ether oxygens (including phenoxy) is 1. The maximum atomic E-state index is 13.9. The number of hydrogen-bond donors (Lipinski definition) is 1. The fourth-order valence-corrected chi connectivity index (χ4v) is 6.73. The summed E-state index contributed by atoms with van der Waals surface area (Å²) in [6, 6.07) is 11.6. The van der Waals surface area contributed by atoms with Crippen molar-refractivity contribution in [2.45, 2.75) is 32.6 Å². The molecule has 0 saturated carbocycles. The van der Waals surface area contributed by atoms with Gasteiger partial charge in [0.1, 0.15) is 0 Å². The maximum absolute atomic E-state index is 13.9. The molecular formula is C31H26ClNO6. The summed E-state index contributed by atoms with van der Waals surface area (Å²) in [6.07, 6.45) is 3.75. The molecule has 1 N–H and O–H groups in total. The molecule has 0 spiro atoms. The van der Waals surface area contributed by atoms with Crippen LogP contribution in [0.15, 0.2) is 76.9 Å². The van der Waals surface area contributed by atoms with Crippen LogP contribution < -0.4 is 9.64 Å². The second-order valence-corrected chi connectivity index (χ2v) is 10.8. The first-order valence-corrected chi connectivity index (χ1v) is 13.4. The number of benzene rings is 2. The standard InChI is InChI=1S/C31H26ClNO6/c1-3-39-24-6-4-5-19(29(24)36)25-18-11-12-20-26(21(18)14-22-23(34)13-15(2)28(35)27(22)25)31(38)33(30(20)37)17-9-7-16(32)8-10-17/h4-11,13,20-21,25-26,36H,3,12,14H2,1-2H3/t20-,21+,25+,26-/m0/s1. The van der Waals surface area contributed by atoms with E-state index < -0.39 is 23.7 Å². The lowest BCUT2D eigenvalue weighted by Gasteiger charge is -2.42. The van der Waals surface area contributed by atoms with Gasteiger partial charge in [-0.1, -0.05) is 35.4 Å². The van der Waals surface area contributed by atoms with Crippen LogP contribution >= 0.6 is 11.6 Å². The molecule has 4 aliphatic rings. The molecule has 1 fully saturated rings. The SMILES string of the molecule is CCOc1cccc([C@H]2C3=CC[C@@H]4C(=O)N(c5ccc(Cl)cc5)C(=O)[C@@H]4[C@@H]3CC3=C2C(=O)C(C)=CC3=O)c1O. The minimum Gasteiger partial charge on any atom is -0.504 e. The average molecular weight is 544 g/mol. The molecule has 0 aromatic heterocycles. The Kier molecular flexibility index (Phi) is 6.07. The van der Waals surface area contributed by atoms with Gasteiger partial charge in [0.15, 0.2) is 23.1 Å². The van der Waals surface area contributed by atoms with Crippen LogP contribution in [0.4, 0.5) is 5.69 Å². The van der Waals surface area contributed by atoms with E-state index in [4.69, 9.17) is 16.3 Å². The number of hydrogen-bond acceptors (Lipinski definition) is 6. The molecule has 2 aromatic carbocycles. The molecule has 1 heterocycles. The van der Waals surface area contributed by atoms with Crippen LogP contribution in [0.3, 0.4) is 0 Å². The number of imide groups is 1. The highest BCUT2D eigenvalue weighted by Crippen LogP contribution is 2.57. The Bertz CT molecular complexity index is 1550. The highest BCUT2D eigenvalue weighted by Gasteiger charge is 2.56. The van der Waals surface area contributed by atoms with Crippen molar-refractivity contribution < 1.29 is 29.0 Å². The zero-order valence-electron chi connectivity index (χ0n) is 21.4. The summed E-state index contributed by atoms with van der Waals surface area (Å²) in [6.45, 7) is 3.75. The Morgan fingerprint density at radius 1 is 1.03 bits per heavy atom. The number of aromatic hydroxyl groups is 1. The normalized spacial score (nSPS) is 26.2. The maximum Gasteiger partial charge on any atom is 0.238 e. The fourth-order valence-electron chi connectivity index (χ4n) is 6.61. The van der Waals surface area contributed by atoms with E-state index in [0.717, 1.165) is 5.57 Å². The Labute approximate surface area is 230 Å². The molecule has 2 aromatic rings. The Morgan fingerprint density at radius 2 is 1.77 bits per heavy atom. The summed E-state index contributed by atoms with van der Waals surface area (Å²) in [5, 5.41) is 11.7. The molecular weight excluding hydrogens is 518 g/mol. The van der Waals surface area contributed by atoms with Gasteiger partial charge in [-0.25, -0.2) is 0 Å². The second kappa shape index (κ2) is 9.35. The summed E-state index contributed by atoms with van der Waals surface area (Å²) >= 11 is 6.03. The molecule has 3 aliphatic carbocycles. The van der Waals surface area contributed by atoms with Gasteiger partial charge in [-0.2, -0.15) is 0 Å². The number of halogens is 1. The van der Waals surface area contributed by atoms with E-state index in [1.54, 1.807) is 56.3 Å². The number of allylic oxidation sites excluding steroid dienone is 6. The average Bonchev–Trinajstić information content (AvgIpc) is 3.18. The van der Waals surface area contributed by atoms with E-state index in [2.05, 4.69) is 0 Å². The van der Waals surface area contributed by atoms with Gasteiger partial charge in [0, 0.05) is 33.2 Å². The van der Waals surface area contributed by atoms with Crippen LogP contribution in [-0.2, 0) is 19.2 Å². The third kappa shape index (κ3) is 3.79. The molecule has 39 heavy (non-hydrogen) atoms. The van der Waals surface area contributed by atoms with Crippen LogP contribution in [0.25, 0.3) is 0 Å². The minimum atomic E-state index is -0.743. The number of carbonyl (C=O) groups excluding carboxylic acids is 4. The molecule has 2 amide bonds. The van der Waals surface area contributed by atoms with E-state index >= 15 is 0 Å². The number of amides is 2. The largest absolute Gasteiger partial charge is 0.504 e. The Balaban J connectivity index is 1.50. The van der Waals surface area contributed by atoms with Crippen molar-refractivity contribution in [2.75, 3.05) is 11.5 Å². The predicted molar refractivity (Wildman–Crippen MR) is 145 cm³/mol. The van der Waals surface area contributed by atoms with Gasteiger partial charge in [0.2, 0.25) is 11.8 Å². The third-order valence-electron chi connectivity index (χ3n) is 8.29. The first-order valence-electron chi connectivity index (χ1n) is 13.0. The Hall–Kier alpha value is -3.97. The molecule has 0 radical (unpaired) electrons. The summed E-state index contributed by atoms with van der Waals surface area (Å²) < 4.78 is 5.62. The number of phenolic OH excluding ortho intramolecular Hbond substituents is 1. The first kappa shape index (κ1) is 25.3. The lowest BCUT2D eigenvalue weighted by molar-refractivity contribution is -0.123. The molecule has 7 nitrogen and oxygen atoms in total. The van der Waals surface area contributed by atoms with Crippen molar-refractivity contribution in [3.05, 3.63) is 87.5 Å². The van der Waals surface area contributed by atoms with Gasteiger partial charge in [-0.3, -0.25) is 24.1 Å². The van der Waals surface area contributed by atoms with Gasteiger partial charge in [0.05, 0.1) is 24.1 Å². The number of ketones is 2. The van der Waals surface area contributed by atoms with E-state index in [9.17, 15) is 24.3 Å². The number of phenols is 1. The van der Waals surface area contributed by atoms with Crippen LogP contribution in [0, 0.1) is 17.8 Å². The second-order valence-electron chi connectivity index (χ2n) is 10.3. The molecule has 4 atom stereocenters. The number of para-hydroxylation sites is 1. The van der Waals surface area contributed by atoms with E-state index in [0.29, 0.717) is 46.0 Å². The molecule has 1 saturated heterocycles. The van der Waals surface area contributed by atoms with E-state index in [1.807, 2.05) is 6.08 Å². The monoisotopic (exact) mass is 543 g/mol. The summed E-state index contributed by atoms with van der Waals surface area (Å²) in [5.74, 6) is -3.50. The van der Waals surface area contributed by atoms with Crippen molar-refractivity contribution >= 4 is 40.7 Å². The Morgan fingerprint density at radius 3 is 2.49 bits per heavy atom. The topological polar surface area (TPSA) is 101 Å². The lowest BCUT2D eigenvalue weighted by atomic mass is 9.59. The van der Waals surface area contributed by atoms with Crippen LogP contribution in [-0.4, -0.2) is 35.1 Å². The number of carbonyl (C=O) groups is 4. The zero-order chi connectivity index (χ0) is 27.6. The summed E-state index contributed by atoms with van der Waals surface area (Å²) in [4.78, 5) is 55.4.